The molecule has 2 unspecified atom stereocenters. The summed E-state index contributed by atoms with van der Waals surface area (Å²) in [4.78, 5) is 2.73. The van der Waals surface area contributed by atoms with Crippen molar-refractivity contribution in [3.8, 4) is 5.75 Å². The van der Waals surface area contributed by atoms with Crippen LogP contribution in [0.25, 0.3) is 0 Å². The van der Waals surface area contributed by atoms with Gasteiger partial charge in [0.05, 0.1) is 23.0 Å². The van der Waals surface area contributed by atoms with Crippen molar-refractivity contribution in [2.24, 2.45) is 11.8 Å². The van der Waals surface area contributed by atoms with E-state index in [-0.39, 0.29) is 22.8 Å². The van der Waals surface area contributed by atoms with Crippen molar-refractivity contribution in [3.05, 3.63) is 24.3 Å². The highest BCUT2D eigenvalue weighted by Gasteiger charge is 2.29. The third-order valence-electron chi connectivity index (χ3n) is 5.38. The first-order chi connectivity index (χ1) is 13.5. The number of nitrogens with zero attached hydrogens (tertiary/aromatic N) is 1. The third-order valence-corrected chi connectivity index (χ3v) is 8.23. The number of hydrogen-bond acceptors (Lipinski definition) is 6. The molecule has 1 saturated heterocycles. The predicted molar refractivity (Wildman–Crippen MR) is 117 cm³/mol. The molecule has 166 valence electrons. The summed E-state index contributed by atoms with van der Waals surface area (Å²) in [7, 11) is -6.64. The van der Waals surface area contributed by atoms with Crippen molar-refractivity contribution in [2.45, 2.75) is 51.0 Å². The zero-order chi connectivity index (χ0) is 21.7. The average Bonchev–Trinajstić information content (AvgIpc) is 2.97. The van der Waals surface area contributed by atoms with Crippen LogP contribution in [0.5, 0.6) is 5.75 Å². The molecule has 0 amide bonds. The third kappa shape index (κ3) is 8.26. The lowest BCUT2D eigenvalue weighted by Crippen LogP contribution is -2.29. The van der Waals surface area contributed by atoms with Gasteiger partial charge >= 0.3 is 0 Å². The molecule has 0 spiro atoms. The van der Waals surface area contributed by atoms with Crippen LogP contribution < -0.4 is 4.74 Å². The number of benzene rings is 1. The largest absolute Gasteiger partial charge is 0.493 e. The van der Waals surface area contributed by atoms with Gasteiger partial charge in [-0.2, -0.15) is 0 Å². The molecule has 0 aliphatic carbocycles. The predicted octanol–water partition coefficient (Wildman–Crippen LogP) is 3.03. The van der Waals surface area contributed by atoms with Gasteiger partial charge in [-0.3, -0.25) is 0 Å². The maximum absolute atomic E-state index is 12.3. The Kier molecular flexibility index (Phi) is 8.55. The molecule has 1 aromatic carbocycles. The fourth-order valence-electron chi connectivity index (χ4n) is 3.66. The Morgan fingerprint density at radius 3 is 2.34 bits per heavy atom. The lowest BCUT2D eigenvalue weighted by Gasteiger charge is -2.21. The summed E-state index contributed by atoms with van der Waals surface area (Å²) in [6.07, 6.45) is 3.54. The van der Waals surface area contributed by atoms with Gasteiger partial charge in [0, 0.05) is 24.8 Å². The molecule has 1 heterocycles. The molecule has 1 aromatic rings. The fraction of sp³-hybridized carbons (Fsp3) is 0.714. The first-order valence-electron chi connectivity index (χ1n) is 10.3. The maximum atomic E-state index is 12.3. The van der Waals surface area contributed by atoms with Crippen LogP contribution in [0.3, 0.4) is 0 Å². The van der Waals surface area contributed by atoms with E-state index in [9.17, 15) is 16.8 Å². The summed E-state index contributed by atoms with van der Waals surface area (Å²) in [6.45, 7) is 9.56. The van der Waals surface area contributed by atoms with E-state index in [1.165, 1.54) is 18.6 Å². The summed E-state index contributed by atoms with van der Waals surface area (Å²) in [5.41, 5.74) is 0. The van der Waals surface area contributed by atoms with E-state index < -0.39 is 19.7 Å². The molecule has 1 fully saturated rings. The van der Waals surface area contributed by atoms with Crippen LogP contribution in [-0.4, -0.2) is 65.2 Å². The van der Waals surface area contributed by atoms with Crippen molar-refractivity contribution in [1.29, 1.82) is 0 Å². The van der Waals surface area contributed by atoms with Gasteiger partial charge in [0.15, 0.2) is 9.84 Å². The molecule has 1 aliphatic rings. The van der Waals surface area contributed by atoms with Crippen LogP contribution in [-0.2, 0) is 19.7 Å². The number of ether oxygens (including phenoxy) is 1. The first-order valence-corrected chi connectivity index (χ1v) is 14.0. The second kappa shape index (κ2) is 10.3. The SMILES string of the molecule is CC(C)CCN1CC(COc2ccc(S(=O)(=O)CCCS(C)(=O)=O)cc2)CC1C. The molecule has 0 radical (unpaired) electrons. The van der Waals surface area contributed by atoms with Gasteiger partial charge in [0.25, 0.3) is 0 Å². The molecule has 0 N–H and O–H groups in total. The molecule has 2 rings (SSSR count). The van der Waals surface area contributed by atoms with E-state index in [1.54, 1.807) is 12.1 Å². The molecule has 6 nitrogen and oxygen atoms in total. The minimum absolute atomic E-state index is 0.104. The van der Waals surface area contributed by atoms with Crippen LogP contribution in [0.15, 0.2) is 29.2 Å². The lowest BCUT2D eigenvalue weighted by atomic mass is 10.1. The van der Waals surface area contributed by atoms with Gasteiger partial charge in [0.2, 0.25) is 0 Å². The van der Waals surface area contributed by atoms with E-state index in [4.69, 9.17) is 4.74 Å². The molecule has 29 heavy (non-hydrogen) atoms. The van der Waals surface area contributed by atoms with E-state index in [0.717, 1.165) is 25.8 Å². The normalized spacial score (nSPS) is 21.0. The molecule has 8 heteroatoms. The zero-order valence-corrected chi connectivity index (χ0v) is 19.6. The van der Waals surface area contributed by atoms with E-state index >= 15 is 0 Å². The van der Waals surface area contributed by atoms with Crippen molar-refractivity contribution < 1.29 is 21.6 Å². The number of likely N-dealkylation sites (tertiary alicyclic amines) is 1. The smallest absolute Gasteiger partial charge is 0.178 e. The highest BCUT2D eigenvalue weighted by Crippen LogP contribution is 2.25. The van der Waals surface area contributed by atoms with E-state index in [1.807, 2.05) is 0 Å². The van der Waals surface area contributed by atoms with Crippen molar-refractivity contribution in [3.63, 3.8) is 0 Å². The average molecular weight is 446 g/mol. The molecule has 0 saturated carbocycles. The van der Waals surface area contributed by atoms with Gasteiger partial charge in [-0.15, -0.1) is 0 Å². The number of sulfone groups is 2. The topological polar surface area (TPSA) is 80.8 Å². The highest BCUT2D eigenvalue weighted by atomic mass is 32.2. The Morgan fingerprint density at radius 2 is 1.76 bits per heavy atom. The Balaban J connectivity index is 1.83. The second-order valence-corrected chi connectivity index (χ2v) is 13.1. The Morgan fingerprint density at radius 1 is 1.10 bits per heavy atom. The molecular formula is C21H35NO5S2. The number of rotatable bonds is 11. The molecule has 0 bridgehead atoms. The van der Waals surface area contributed by atoms with Crippen molar-refractivity contribution in [2.75, 3.05) is 37.5 Å². The zero-order valence-electron chi connectivity index (χ0n) is 18.0. The van der Waals surface area contributed by atoms with Crippen LogP contribution in [0.4, 0.5) is 0 Å². The molecular weight excluding hydrogens is 410 g/mol. The van der Waals surface area contributed by atoms with E-state index in [0.29, 0.717) is 30.2 Å². The van der Waals surface area contributed by atoms with Gasteiger partial charge in [-0.1, -0.05) is 13.8 Å². The Labute approximate surface area is 176 Å². The van der Waals surface area contributed by atoms with Gasteiger partial charge in [-0.25, -0.2) is 16.8 Å². The standard InChI is InChI=1S/C21H35NO5S2/c1-17(2)10-11-22-15-19(14-18(22)3)16-27-20-6-8-21(9-7-20)29(25,26)13-5-12-28(4,23)24/h6-9,17-19H,5,10-16H2,1-4H3. The fourth-order valence-corrected chi connectivity index (χ4v) is 5.82. The van der Waals surface area contributed by atoms with Gasteiger partial charge in [-0.05, 0) is 62.9 Å². The summed E-state index contributed by atoms with van der Waals surface area (Å²) >= 11 is 0. The summed E-state index contributed by atoms with van der Waals surface area (Å²) < 4.78 is 52.9. The van der Waals surface area contributed by atoms with Crippen LogP contribution >= 0.6 is 0 Å². The minimum Gasteiger partial charge on any atom is -0.493 e. The van der Waals surface area contributed by atoms with Crippen LogP contribution in [0, 0.1) is 11.8 Å². The quantitative estimate of drug-likeness (QED) is 0.521. The van der Waals surface area contributed by atoms with Crippen molar-refractivity contribution in [1.82, 2.24) is 4.90 Å². The Hall–Kier alpha value is -1.12. The highest BCUT2D eigenvalue weighted by molar-refractivity contribution is 7.92. The molecule has 2 atom stereocenters. The van der Waals surface area contributed by atoms with Gasteiger partial charge < -0.3 is 9.64 Å². The summed E-state index contributed by atoms with van der Waals surface area (Å²) in [6, 6.07) is 7.01. The molecule has 1 aliphatic heterocycles. The van der Waals surface area contributed by atoms with Crippen LogP contribution in [0.1, 0.15) is 40.0 Å². The minimum atomic E-state index is -3.48. The lowest BCUT2D eigenvalue weighted by molar-refractivity contribution is 0.226. The number of hydrogen-bond donors (Lipinski definition) is 0. The molecule has 0 aromatic heterocycles. The Bertz CT molecular complexity index is 848. The monoisotopic (exact) mass is 445 g/mol. The van der Waals surface area contributed by atoms with E-state index in [2.05, 4.69) is 25.7 Å². The second-order valence-electron chi connectivity index (χ2n) is 8.71. The summed E-state index contributed by atoms with van der Waals surface area (Å²) in [5, 5.41) is 0. The van der Waals surface area contributed by atoms with Crippen LogP contribution in [0.2, 0.25) is 0 Å². The van der Waals surface area contributed by atoms with Gasteiger partial charge in [0.1, 0.15) is 15.6 Å². The summed E-state index contributed by atoms with van der Waals surface area (Å²) in [5.74, 6) is 1.55. The maximum Gasteiger partial charge on any atom is 0.178 e. The van der Waals surface area contributed by atoms with Crippen molar-refractivity contribution >= 4 is 19.7 Å². The first kappa shape index (κ1) is 24.2.